The Morgan fingerprint density at radius 1 is 1.45 bits per heavy atom. The molecule has 0 aliphatic carbocycles. The number of hydrogen-bond donors (Lipinski definition) is 1. The molecule has 5 nitrogen and oxygen atoms in total. The lowest BCUT2D eigenvalue weighted by Gasteiger charge is -2.07. The van der Waals surface area contributed by atoms with Gasteiger partial charge in [0.15, 0.2) is 5.13 Å². The van der Waals surface area contributed by atoms with Gasteiger partial charge in [-0.15, -0.1) is 13.2 Å². The van der Waals surface area contributed by atoms with Crippen LogP contribution in [-0.2, 0) is 9.53 Å². The van der Waals surface area contributed by atoms with Crippen molar-refractivity contribution in [3.8, 4) is 5.75 Å². The number of fused-ring (bicyclic) bond motifs is 1. The molecule has 0 atom stereocenters. The zero-order valence-electron chi connectivity index (χ0n) is 10.2. The van der Waals surface area contributed by atoms with Crippen molar-refractivity contribution in [1.82, 2.24) is 4.98 Å². The standard InChI is InChI=1S/C11H9F3N2O3S/c1-18-5-9(17)16-10-15-7-3-2-6(4-8(7)20-10)19-11(12,13)14/h2-4H,5H2,1H3,(H,15,16,17). The molecule has 0 radical (unpaired) electrons. The maximum absolute atomic E-state index is 12.1. The van der Waals surface area contributed by atoms with Gasteiger partial charge in [0.05, 0.1) is 10.2 Å². The number of halogens is 3. The number of amides is 1. The van der Waals surface area contributed by atoms with Crippen LogP contribution in [-0.4, -0.2) is 31.0 Å². The van der Waals surface area contributed by atoms with Gasteiger partial charge in [0.25, 0.3) is 5.91 Å². The maximum atomic E-state index is 12.1. The number of ether oxygens (including phenoxy) is 2. The number of nitrogens with one attached hydrogen (secondary N) is 1. The summed E-state index contributed by atoms with van der Waals surface area (Å²) in [7, 11) is 1.37. The summed E-state index contributed by atoms with van der Waals surface area (Å²) in [6, 6.07) is 3.77. The summed E-state index contributed by atoms with van der Waals surface area (Å²) in [5.74, 6) is -0.721. The third-order valence-corrected chi connectivity index (χ3v) is 3.05. The number of methoxy groups -OCH3 is 1. The SMILES string of the molecule is COCC(=O)Nc1nc2ccc(OC(F)(F)F)cc2s1. The number of thiazole rings is 1. The molecular weight excluding hydrogens is 297 g/mol. The van der Waals surface area contributed by atoms with E-state index in [1.54, 1.807) is 0 Å². The molecule has 2 rings (SSSR count). The molecule has 108 valence electrons. The lowest BCUT2D eigenvalue weighted by atomic mass is 10.3. The van der Waals surface area contributed by atoms with Gasteiger partial charge in [-0.3, -0.25) is 10.1 Å². The van der Waals surface area contributed by atoms with Crippen molar-refractivity contribution in [2.75, 3.05) is 19.0 Å². The fourth-order valence-electron chi connectivity index (χ4n) is 1.44. The number of aromatic nitrogens is 1. The molecule has 0 spiro atoms. The molecule has 0 bridgehead atoms. The predicted molar refractivity (Wildman–Crippen MR) is 66.8 cm³/mol. The van der Waals surface area contributed by atoms with Crippen LogP contribution in [0.4, 0.5) is 18.3 Å². The molecule has 20 heavy (non-hydrogen) atoms. The molecule has 1 aromatic carbocycles. The molecule has 1 aromatic heterocycles. The predicted octanol–water partition coefficient (Wildman–Crippen LogP) is 2.78. The van der Waals surface area contributed by atoms with Crippen LogP contribution in [0.25, 0.3) is 10.2 Å². The first-order valence-electron chi connectivity index (χ1n) is 5.32. The highest BCUT2D eigenvalue weighted by atomic mass is 32.1. The van der Waals surface area contributed by atoms with Crippen LogP contribution < -0.4 is 10.1 Å². The van der Waals surface area contributed by atoms with E-state index in [0.717, 1.165) is 17.4 Å². The van der Waals surface area contributed by atoms with Crippen molar-refractivity contribution in [3.63, 3.8) is 0 Å². The van der Waals surface area contributed by atoms with Crippen molar-refractivity contribution < 1.29 is 27.4 Å². The summed E-state index contributed by atoms with van der Waals surface area (Å²) in [6.45, 7) is -0.127. The van der Waals surface area contributed by atoms with E-state index in [2.05, 4.69) is 19.8 Å². The second kappa shape index (κ2) is 5.63. The maximum Gasteiger partial charge on any atom is 0.573 e. The van der Waals surface area contributed by atoms with Crippen LogP contribution in [0.2, 0.25) is 0 Å². The van der Waals surface area contributed by atoms with Crippen LogP contribution in [0.3, 0.4) is 0 Å². The van der Waals surface area contributed by atoms with Crippen molar-refractivity contribution in [2.45, 2.75) is 6.36 Å². The quantitative estimate of drug-likeness (QED) is 0.943. The van der Waals surface area contributed by atoms with Gasteiger partial charge >= 0.3 is 6.36 Å². The first-order chi connectivity index (χ1) is 9.37. The van der Waals surface area contributed by atoms with Crippen LogP contribution in [0, 0.1) is 0 Å². The highest BCUT2D eigenvalue weighted by Gasteiger charge is 2.31. The zero-order valence-corrected chi connectivity index (χ0v) is 11.0. The molecule has 0 unspecified atom stereocenters. The van der Waals surface area contributed by atoms with Crippen LogP contribution >= 0.6 is 11.3 Å². The molecule has 2 aromatic rings. The molecule has 0 saturated heterocycles. The van der Waals surface area contributed by atoms with E-state index < -0.39 is 12.3 Å². The average Bonchev–Trinajstić information content (AvgIpc) is 2.68. The molecule has 0 aliphatic heterocycles. The lowest BCUT2D eigenvalue weighted by Crippen LogP contribution is -2.16. The van der Waals surface area contributed by atoms with Gasteiger partial charge < -0.3 is 9.47 Å². The lowest BCUT2D eigenvalue weighted by molar-refractivity contribution is -0.274. The topological polar surface area (TPSA) is 60.5 Å². The summed E-state index contributed by atoms with van der Waals surface area (Å²) >= 11 is 1.05. The summed E-state index contributed by atoms with van der Waals surface area (Å²) in [4.78, 5) is 15.4. The molecule has 1 heterocycles. The smallest absolute Gasteiger partial charge is 0.406 e. The normalized spacial score (nSPS) is 11.6. The van der Waals surface area contributed by atoms with E-state index in [1.165, 1.54) is 19.2 Å². The van der Waals surface area contributed by atoms with Gasteiger partial charge in [0.1, 0.15) is 12.4 Å². The third-order valence-electron chi connectivity index (χ3n) is 2.12. The van der Waals surface area contributed by atoms with Gasteiger partial charge in [-0.1, -0.05) is 11.3 Å². The van der Waals surface area contributed by atoms with E-state index >= 15 is 0 Å². The molecule has 0 fully saturated rings. The zero-order chi connectivity index (χ0) is 14.8. The number of hydrogen-bond acceptors (Lipinski definition) is 5. The monoisotopic (exact) mass is 306 g/mol. The molecule has 0 aliphatic rings. The number of nitrogens with zero attached hydrogens (tertiary/aromatic N) is 1. The Kier molecular flexibility index (Phi) is 4.09. The highest BCUT2D eigenvalue weighted by molar-refractivity contribution is 7.22. The Balaban J connectivity index is 2.19. The fraction of sp³-hybridized carbons (Fsp3) is 0.273. The second-order valence-electron chi connectivity index (χ2n) is 3.68. The Bertz CT molecular complexity index is 627. The number of alkyl halides is 3. The second-order valence-corrected chi connectivity index (χ2v) is 4.71. The van der Waals surface area contributed by atoms with Crippen LogP contribution in [0.15, 0.2) is 18.2 Å². The molecule has 1 amide bonds. The van der Waals surface area contributed by atoms with Gasteiger partial charge in [-0.05, 0) is 12.1 Å². The van der Waals surface area contributed by atoms with Crippen molar-refractivity contribution in [3.05, 3.63) is 18.2 Å². The van der Waals surface area contributed by atoms with Crippen molar-refractivity contribution in [1.29, 1.82) is 0 Å². The van der Waals surface area contributed by atoms with E-state index in [0.29, 0.717) is 10.2 Å². The fourth-order valence-corrected chi connectivity index (χ4v) is 2.35. The average molecular weight is 306 g/mol. The summed E-state index contributed by atoms with van der Waals surface area (Å²) in [5.41, 5.74) is 0.470. The van der Waals surface area contributed by atoms with Crippen LogP contribution in [0.1, 0.15) is 0 Å². The van der Waals surface area contributed by atoms with Crippen molar-refractivity contribution >= 4 is 32.6 Å². The van der Waals surface area contributed by atoms with Crippen molar-refractivity contribution in [2.24, 2.45) is 0 Å². The number of benzene rings is 1. The van der Waals surface area contributed by atoms with Gasteiger partial charge in [0, 0.05) is 13.2 Å². The Morgan fingerprint density at radius 3 is 2.85 bits per heavy atom. The number of carbonyl (C=O) groups excluding carboxylic acids is 1. The van der Waals surface area contributed by atoms with E-state index in [-0.39, 0.29) is 17.5 Å². The Hall–Kier alpha value is -1.87. The van der Waals surface area contributed by atoms with Gasteiger partial charge in [-0.25, -0.2) is 4.98 Å². The Morgan fingerprint density at radius 2 is 2.20 bits per heavy atom. The molecule has 0 saturated carbocycles. The van der Waals surface area contributed by atoms with E-state index in [1.807, 2.05) is 0 Å². The van der Waals surface area contributed by atoms with Crippen LogP contribution in [0.5, 0.6) is 5.75 Å². The summed E-state index contributed by atoms with van der Waals surface area (Å²) in [6.07, 6.45) is -4.74. The summed E-state index contributed by atoms with van der Waals surface area (Å²) in [5, 5.41) is 2.76. The number of anilines is 1. The third kappa shape index (κ3) is 3.81. The Labute approximate surface area is 115 Å². The number of carbonyl (C=O) groups is 1. The summed E-state index contributed by atoms with van der Waals surface area (Å²) < 4.78 is 45.2. The first-order valence-corrected chi connectivity index (χ1v) is 6.14. The first kappa shape index (κ1) is 14.5. The molecule has 9 heteroatoms. The number of rotatable bonds is 4. The minimum atomic E-state index is -4.74. The van der Waals surface area contributed by atoms with E-state index in [9.17, 15) is 18.0 Å². The van der Waals surface area contributed by atoms with Gasteiger partial charge in [-0.2, -0.15) is 0 Å². The van der Waals surface area contributed by atoms with Gasteiger partial charge in [0.2, 0.25) is 0 Å². The minimum absolute atomic E-state index is 0.127. The minimum Gasteiger partial charge on any atom is -0.406 e. The highest BCUT2D eigenvalue weighted by Crippen LogP contribution is 2.31. The largest absolute Gasteiger partial charge is 0.573 e. The van der Waals surface area contributed by atoms with E-state index in [4.69, 9.17) is 0 Å². The molecule has 1 N–H and O–H groups in total. The molecular formula is C11H9F3N2O3S.